The molecule has 3 N–H and O–H groups in total. The lowest BCUT2D eigenvalue weighted by atomic mass is 9.76. The normalized spacial score (nSPS) is 27.1. The van der Waals surface area contributed by atoms with Gasteiger partial charge in [-0.2, -0.15) is 0 Å². The SMILES string of the molecule is CC1(C)CC(C(N)=S)CC(C)(C)N1. The van der Waals surface area contributed by atoms with Crippen LogP contribution in [0.3, 0.4) is 0 Å². The van der Waals surface area contributed by atoms with Gasteiger partial charge in [0, 0.05) is 17.0 Å². The fraction of sp³-hybridized carbons (Fsp3) is 0.900. The fourth-order valence-electron chi connectivity index (χ4n) is 2.52. The van der Waals surface area contributed by atoms with Crippen molar-refractivity contribution < 1.29 is 0 Å². The molecule has 1 saturated heterocycles. The molecule has 0 unspecified atom stereocenters. The molecule has 3 heteroatoms. The second kappa shape index (κ2) is 3.21. The van der Waals surface area contributed by atoms with Crippen LogP contribution in [0.25, 0.3) is 0 Å². The maximum Gasteiger partial charge on any atom is 0.0760 e. The average Bonchev–Trinajstić information content (AvgIpc) is 1.79. The Morgan fingerprint density at radius 1 is 1.23 bits per heavy atom. The maximum atomic E-state index is 5.71. The third-order valence-corrected chi connectivity index (χ3v) is 2.93. The van der Waals surface area contributed by atoms with E-state index in [0.29, 0.717) is 10.9 Å². The monoisotopic (exact) mass is 200 g/mol. The number of hydrogen-bond donors (Lipinski definition) is 2. The number of nitrogens with two attached hydrogens (primary N) is 1. The summed E-state index contributed by atoms with van der Waals surface area (Å²) in [6, 6.07) is 0. The number of rotatable bonds is 1. The maximum absolute atomic E-state index is 5.71. The van der Waals surface area contributed by atoms with Crippen LogP contribution in [0.2, 0.25) is 0 Å². The van der Waals surface area contributed by atoms with Crippen molar-refractivity contribution >= 4 is 17.2 Å². The Hall–Kier alpha value is -0.150. The molecule has 0 atom stereocenters. The highest BCUT2D eigenvalue weighted by molar-refractivity contribution is 7.80. The van der Waals surface area contributed by atoms with Crippen LogP contribution in [0.15, 0.2) is 0 Å². The topological polar surface area (TPSA) is 38.0 Å². The Kier molecular flexibility index (Phi) is 2.70. The highest BCUT2D eigenvalue weighted by atomic mass is 32.1. The van der Waals surface area contributed by atoms with Crippen LogP contribution < -0.4 is 11.1 Å². The van der Waals surface area contributed by atoms with Gasteiger partial charge in [0.15, 0.2) is 0 Å². The predicted octanol–water partition coefficient (Wildman–Crippen LogP) is 1.83. The molecule has 1 heterocycles. The van der Waals surface area contributed by atoms with Gasteiger partial charge in [-0.1, -0.05) is 12.2 Å². The molecular weight excluding hydrogens is 180 g/mol. The van der Waals surface area contributed by atoms with Crippen molar-refractivity contribution in [3.8, 4) is 0 Å². The highest BCUT2D eigenvalue weighted by Crippen LogP contribution is 2.32. The van der Waals surface area contributed by atoms with Crippen molar-refractivity contribution in [2.75, 3.05) is 0 Å². The molecule has 76 valence electrons. The van der Waals surface area contributed by atoms with Crippen molar-refractivity contribution in [1.29, 1.82) is 0 Å². The third kappa shape index (κ3) is 2.92. The van der Waals surface area contributed by atoms with Gasteiger partial charge in [-0.3, -0.25) is 0 Å². The molecule has 0 aromatic carbocycles. The second-order valence-corrected chi connectivity index (χ2v) is 5.87. The molecule has 0 aromatic heterocycles. The van der Waals surface area contributed by atoms with E-state index in [1.165, 1.54) is 0 Å². The molecule has 0 radical (unpaired) electrons. The first kappa shape index (κ1) is 10.9. The molecule has 1 fully saturated rings. The van der Waals surface area contributed by atoms with Crippen LogP contribution in [0.5, 0.6) is 0 Å². The van der Waals surface area contributed by atoms with E-state index in [9.17, 15) is 0 Å². The lowest BCUT2D eigenvalue weighted by Gasteiger charge is -2.46. The van der Waals surface area contributed by atoms with Crippen LogP contribution in [-0.2, 0) is 0 Å². The van der Waals surface area contributed by atoms with Crippen LogP contribution >= 0.6 is 12.2 Å². The smallest absolute Gasteiger partial charge is 0.0760 e. The minimum absolute atomic E-state index is 0.149. The molecule has 0 spiro atoms. The molecule has 0 aliphatic carbocycles. The zero-order valence-corrected chi connectivity index (χ0v) is 9.79. The summed E-state index contributed by atoms with van der Waals surface area (Å²) in [6.07, 6.45) is 2.09. The fourth-order valence-corrected chi connectivity index (χ4v) is 2.69. The van der Waals surface area contributed by atoms with Crippen molar-refractivity contribution in [3.05, 3.63) is 0 Å². The van der Waals surface area contributed by atoms with Gasteiger partial charge in [-0.25, -0.2) is 0 Å². The molecule has 2 nitrogen and oxygen atoms in total. The standard InChI is InChI=1S/C10H20N2S/c1-9(2)5-7(8(11)13)6-10(3,4)12-9/h7,12H,5-6H2,1-4H3,(H2,11,13). The van der Waals surface area contributed by atoms with E-state index in [0.717, 1.165) is 12.8 Å². The zero-order valence-electron chi connectivity index (χ0n) is 8.98. The molecule has 0 bridgehead atoms. The molecule has 13 heavy (non-hydrogen) atoms. The summed E-state index contributed by atoms with van der Waals surface area (Å²) in [5, 5.41) is 3.60. The largest absolute Gasteiger partial charge is 0.393 e. The Morgan fingerprint density at radius 3 is 1.92 bits per heavy atom. The summed E-state index contributed by atoms with van der Waals surface area (Å²) in [6.45, 7) is 8.83. The number of hydrogen-bond acceptors (Lipinski definition) is 2. The second-order valence-electron chi connectivity index (χ2n) is 5.40. The molecule has 0 saturated carbocycles. The lowest BCUT2D eigenvalue weighted by molar-refractivity contribution is 0.158. The summed E-state index contributed by atoms with van der Waals surface area (Å²) >= 11 is 5.07. The Bertz CT molecular complexity index is 205. The summed E-state index contributed by atoms with van der Waals surface area (Å²) in [4.78, 5) is 0.669. The average molecular weight is 200 g/mol. The molecule has 1 aliphatic rings. The van der Waals surface area contributed by atoms with Crippen LogP contribution in [0.4, 0.5) is 0 Å². The predicted molar refractivity (Wildman–Crippen MR) is 60.8 cm³/mol. The van der Waals surface area contributed by atoms with Crippen molar-refractivity contribution in [3.63, 3.8) is 0 Å². The number of piperidine rings is 1. The Balaban J connectivity index is 2.78. The Morgan fingerprint density at radius 2 is 1.62 bits per heavy atom. The molecule has 1 rings (SSSR count). The minimum Gasteiger partial charge on any atom is -0.393 e. The van der Waals surface area contributed by atoms with E-state index >= 15 is 0 Å². The van der Waals surface area contributed by atoms with Crippen molar-refractivity contribution in [1.82, 2.24) is 5.32 Å². The minimum atomic E-state index is 0.149. The van der Waals surface area contributed by atoms with Gasteiger partial charge >= 0.3 is 0 Å². The number of thiocarbonyl (C=S) groups is 1. The van der Waals surface area contributed by atoms with Gasteiger partial charge in [-0.05, 0) is 40.5 Å². The van der Waals surface area contributed by atoms with Gasteiger partial charge in [0.05, 0.1) is 4.99 Å². The van der Waals surface area contributed by atoms with E-state index in [4.69, 9.17) is 18.0 Å². The quantitative estimate of drug-likeness (QED) is 0.634. The van der Waals surface area contributed by atoms with E-state index in [1.54, 1.807) is 0 Å². The van der Waals surface area contributed by atoms with Crippen LogP contribution in [0.1, 0.15) is 40.5 Å². The van der Waals surface area contributed by atoms with Crippen LogP contribution in [0, 0.1) is 5.92 Å². The van der Waals surface area contributed by atoms with Gasteiger partial charge in [0.2, 0.25) is 0 Å². The summed E-state index contributed by atoms with van der Waals surface area (Å²) < 4.78 is 0. The zero-order chi connectivity index (χ0) is 10.3. The van der Waals surface area contributed by atoms with Gasteiger partial charge in [0.25, 0.3) is 0 Å². The van der Waals surface area contributed by atoms with E-state index < -0.39 is 0 Å². The van der Waals surface area contributed by atoms with Crippen molar-refractivity contribution in [2.24, 2.45) is 11.7 Å². The van der Waals surface area contributed by atoms with Gasteiger partial charge < -0.3 is 11.1 Å². The van der Waals surface area contributed by atoms with E-state index in [1.807, 2.05) is 0 Å². The molecule has 0 aromatic rings. The highest BCUT2D eigenvalue weighted by Gasteiger charge is 2.38. The Labute approximate surface area is 86.3 Å². The molecule has 1 aliphatic heterocycles. The number of nitrogens with one attached hydrogen (secondary N) is 1. The molecule has 0 amide bonds. The van der Waals surface area contributed by atoms with Crippen molar-refractivity contribution in [2.45, 2.75) is 51.6 Å². The summed E-state index contributed by atoms with van der Waals surface area (Å²) in [7, 11) is 0. The first-order chi connectivity index (χ1) is 5.72. The van der Waals surface area contributed by atoms with E-state index in [-0.39, 0.29) is 11.1 Å². The molecular formula is C10H20N2S. The van der Waals surface area contributed by atoms with Gasteiger partial charge in [-0.15, -0.1) is 0 Å². The lowest BCUT2D eigenvalue weighted by Crippen LogP contribution is -2.59. The summed E-state index contributed by atoms with van der Waals surface area (Å²) in [5.74, 6) is 0.390. The van der Waals surface area contributed by atoms with E-state index in [2.05, 4.69) is 33.0 Å². The summed E-state index contributed by atoms with van der Waals surface area (Å²) in [5.41, 5.74) is 6.01. The van der Waals surface area contributed by atoms with Crippen LogP contribution in [-0.4, -0.2) is 16.1 Å². The first-order valence-electron chi connectivity index (χ1n) is 4.81. The third-order valence-electron chi connectivity index (χ3n) is 2.59. The van der Waals surface area contributed by atoms with Gasteiger partial charge in [0.1, 0.15) is 0 Å². The first-order valence-corrected chi connectivity index (χ1v) is 5.21.